The van der Waals surface area contributed by atoms with Crippen LogP contribution in [0.5, 0.6) is 0 Å². The number of hydrogen-bond acceptors (Lipinski definition) is 4. The van der Waals surface area contributed by atoms with E-state index in [0.717, 1.165) is 30.5 Å². The molecule has 3 N–H and O–H groups in total. The minimum Gasteiger partial charge on any atom is -0.337 e. The molecule has 0 unspecified atom stereocenters. The second-order valence-electron chi connectivity index (χ2n) is 6.90. The van der Waals surface area contributed by atoms with E-state index in [1.165, 1.54) is 11.3 Å². The number of thiophene rings is 1. The number of nitrogens with one attached hydrogen (secondary N) is 1. The summed E-state index contributed by atoms with van der Waals surface area (Å²) >= 11 is 1.43. The molecule has 1 fully saturated rings. The van der Waals surface area contributed by atoms with Crippen LogP contribution in [0.2, 0.25) is 0 Å². The molecule has 0 aliphatic heterocycles. The molecule has 1 aromatic carbocycles. The molecule has 7 heteroatoms. The average Bonchev–Trinajstić information content (AvgIpc) is 3.28. The Bertz CT molecular complexity index is 766. The SMILES string of the molecule is CN(Cc1ccccc1NC(=O)C[C@@H]1CCC[C@H]1N)C(=O)c1cccs1.Cl. The fourth-order valence-electron chi connectivity index (χ4n) is 3.45. The molecule has 2 atom stereocenters. The number of hydrogen-bond donors (Lipinski definition) is 2. The summed E-state index contributed by atoms with van der Waals surface area (Å²) in [6, 6.07) is 11.4. The van der Waals surface area contributed by atoms with E-state index in [4.69, 9.17) is 5.73 Å². The quantitative estimate of drug-likeness (QED) is 0.762. The molecular weight excluding hydrogens is 382 g/mol. The second kappa shape index (κ2) is 9.88. The lowest BCUT2D eigenvalue weighted by atomic mass is 10.00. The van der Waals surface area contributed by atoms with Crippen molar-refractivity contribution in [2.24, 2.45) is 11.7 Å². The number of carbonyl (C=O) groups excluding carboxylic acids is 2. The van der Waals surface area contributed by atoms with Gasteiger partial charge in [-0.05, 0) is 41.8 Å². The summed E-state index contributed by atoms with van der Waals surface area (Å²) in [5, 5.41) is 4.90. The zero-order valence-electron chi connectivity index (χ0n) is 15.4. The largest absolute Gasteiger partial charge is 0.337 e. The van der Waals surface area contributed by atoms with Gasteiger partial charge in [0.05, 0.1) is 4.88 Å². The van der Waals surface area contributed by atoms with E-state index in [1.54, 1.807) is 11.9 Å². The molecular formula is C20H26ClN3O2S. The van der Waals surface area contributed by atoms with Gasteiger partial charge in [-0.2, -0.15) is 0 Å². The summed E-state index contributed by atoms with van der Waals surface area (Å²) in [5.74, 6) is 0.246. The Morgan fingerprint density at radius 2 is 2.00 bits per heavy atom. The molecule has 0 bridgehead atoms. The van der Waals surface area contributed by atoms with Crippen LogP contribution in [-0.4, -0.2) is 29.8 Å². The van der Waals surface area contributed by atoms with Crippen molar-refractivity contribution in [2.75, 3.05) is 12.4 Å². The number of anilines is 1. The van der Waals surface area contributed by atoms with Gasteiger partial charge in [0.15, 0.2) is 0 Å². The monoisotopic (exact) mass is 407 g/mol. The molecule has 3 rings (SSSR count). The Morgan fingerprint density at radius 3 is 2.67 bits per heavy atom. The zero-order chi connectivity index (χ0) is 18.5. The minimum atomic E-state index is -0.0157. The number of nitrogens with two attached hydrogens (primary N) is 1. The van der Waals surface area contributed by atoms with Crippen molar-refractivity contribution in [1.29, 1.82) is 0 Å². The van der Waals surface area contributed by atoms with Crippen molar-refractivity contribution in [3.63, 3.8) is 0 Å². The van der Waals surface area contributed by atoms with Gasteiger partial charge in [-0.25, -0.2) is 0 Å². The Hall–Kier alpha value is -1.89. The first-order valence-corrected chi connectivity index (χ1v) is 9.85. The van der Waals surface area contributed by atoms with Gasteiger partial charge in [-0.3, -0.25) is 9.59 Å². The highest BCUT2D eigenvalue weighted by atomic mass is 35.5. The third-order valence-corrected chi connectivity index (χ3v) is 5.80. The molecule has 0 saturated heterocycles. The molecule has 146 valence electrons. The smallest absolute Gasteiger partial charge is 0.263 e. The van der Waals surface area contributed by atoms with E-state index in [1.807, 2.05) is 41.8 Å². The van der Waals surface area contributed by atoms with Crippen LogP contribution in [0.15, 0.2) is 41.8 Å². The summed E-state index contributed by atoms with van der Waals surface area (Å²) in [4.78, 5) is 27.3. The number of nitrogens with zero attached hydrogens (tertiary/aromatic N) is 1. The summed E-state index contributed by atoms with van der Waals surface area (Å²) in [6.07, 6.45) is 3.59. The number of amides is 2. The van der Waals surface area contributed by atoms with Gasteiger partial charge in [0, 0.05) is 31.7 Å². The van der Waals surface area contributed by atoms with Gasteiger partial charge in [0.1, 0.15) is 0 Å². The van der Waals surface area contributed by atoms with Crippen LogP contribution in [0.25, 0.3) is 0 Å². The number of carbonyl (C=O) groups is 2. The lowest BCUT2D eigenvalue weighted by Gasteiger charge is -2.20. The van der Waals surface area contributed by atoms with Crippen LogP contribution in [0.4, 0.5) is 5.69 Å². The third kappa shape index (κ3) is 5.54. The lowest BCUT2D eigenvalue weighted by Crippen LogP contribution is -2.29. The Balaban J connectivity index is 0.00000261. The minimum absolute atomic E-state index is 0. The molecule has 1 heterocycles. The maximum absolute atomic E-state index is 12.4. The maximum atomic E-state index is 12.4. The van der Waals surface area contributed by atoms with Gasteiger partial charge in [-0.15, -0.1) is 23.7 Å². The van der Waals surface area contributed by atoms with E-state index in [2.05, 4.69) is 5.32 Å². The summed E-state index contributed by atoms with van der Waals surface area (Å²) < 4.78 is 0. The fraction of sp³-hybridized carbons (Fsp3) is 0.400. The Morgan fingerprint density at radius 1 is 1.22 bits per heavy atom. The molecule has 27 heavy (non-hydrogen) atoms. The first kappa shape index (κ1) is 21.4. The second-order valence-corrected chi connectivity index (χ2v) is 7.85. The standard InChI is InChI=1S/C20H25N3O2S.ClH/c1-23(20(25)18-10-5-11-26-18)13-15-6-2-3-9-17(15)22-19(24)12-14-7-4-8-16(14)21;/h2-3,5-6,9-11,14,16H,4,7-8,12-13,21H2,1H3,(H,22,24);1H/t14-,16+;/m0./s1. The van der Waals surface area contributed by atoms with Crippen molar-refractivity contribution >= 4 is 41.2 Å². The summed E-state index contributed by atoms with van der Waals surface area (Å²) in [5.41, 5.74) is 7.75. The van der Waals surface area contributed by atoms with Gasteiger partial charge < -0.3 is 16.0 Å². The third-order valence-electron chi connectivity index (χ3n) is 4.94. The topological polar surface area (TPSA) is 75.4 Å². The van der Waals surface area contributed by atoms with Crippen LogP contribution in [0, 0.1) is 5.92 Å². The normalized spacial score (nSPS) is 18.6. The molecule has 2 aromatic rings. The van der Waals surface area contributed by atoms with E-state index in [0.29, 0.717) is 17.8 Å². The average molecular weight is 408 g/mol. The molecule has 0 radical (unpaired) electrons. The van der Waals surface area contributed by atoms with Gasteiger partial charge in [0.25, 0.3) is 5.91 Å². The number of rotatable bonds is 6. The van der Waals surface area contributed by atoms with Crippen molar-refractivity contribution in [2.45, 2.75) is 38.3 Å². The number of benzene rings is 1. The molecule has 0 spiro atoms. The molecule has 2 amide bonds. The summed E-state index contributed by atoms with van der Waals surface area (Å²) in [6.45, 7) is 0.441. The highest BCUT2D eigenvalue weighted by molar-refractivity contribution is 7.12. The number of para-hydroxylation sites is 1. The van der Waals surface area contributed by atoms with Crippen molar-refractivity contribution in [3.05, 3.63) is 52.2 Å². The predicted octanol–water partition coefficient (Wildman–Crippen LogP) is 3.90. The first-order valence-electron chi connectivity index (χ1n) is 8.97. The number of halogens is 1. The lowest BCUT2D eigenvalue weighted by molar-refractivity contribution is -0.117. The van der Waals surface area contributed by atoms with Crippen molar-refractivity contribution < 1.29 is 9.59 Å². The van der Waals surface area contributed by atoms with E-state index in [9.17, 15) is 9.59 Å². The highest BCUT2D eigenvalue weighted by Crippen LogP contribution is 2.27. The Kier molecular flexibility index (Phi) is 7.83. The van der Waals surface area contributed by atoms with Crippen LogP contribution in [-0.2, 0) is 11.3 Å². The molecule has 1 saturated carbocycles. The first-order chi connectivity index (χ1) is 12.5. The van der Waals surface area contributed by atoms with Gasteiger partial charge in [0.2, 0.25) is 5.91 Å². The molecule has 5 nitrogen and oxygen atoms in total. The highest BCUT2D eigenvalue weighted by Gasteiger charge is 2.26. The van der Waals surface area contributed by atoms with E-state index in [-0.39, 0.29) is 36.2 Å². The molecule has 1 aromatic heterocycles. The zero-order valence-corrected chi connectivity index (χ0v) is 17.0. The molecule has 1 aliphatic rings. The van der Waals surface area contributed by atoms with Crippen molar-refractivity contribution in [3.8, 4) is 0 Å². The van der Waals surface area contributed by atoms with Crippen LogP contribution >= 0.6 is 23.7 Å². The van der Waals surface area contributed by atoms with E-state index >= 15 is 0 Å². The summed E-state index contributed by atoms with van der Waals surface area (Å²) in [7, 11) is 1.78. The van der Waals surface area contributed by atoms with Crippen LogP contribution in [0.1, 0.15) is 40.9 Å². The van der Waals surface area contributed by atoms with Crippen LogP contribution < -0.4 is 11.1 Å². The van der Waals surface area contributed by atoms with Crippen LogP contribution in [0.3, 0.4) is 0 Å². The maximum Gasteiger partial charge on any atom is 0.263 e. The van der Waals surface area contributed by atoms with Crippen molar-refractivity contribution in [1.82, 2.24) is 4.90 Å². The van der Waals surface area contributed by atoms with E-state index < -0.39 is 0 Å². The van der Waals surface area contributed by atoms with Gasteiger partial charge >= 0.3 is 0 Å². The Labute approximate surface area is 170 Å². The predicted molar refractivity (Wildman–Crippen MR) is 112 cm³/mol. The fourth-order valence-corrected chi connectivity index (χ4v) is 4.17. The molecule has 1 aliphatic carbocycles. The van der Waals surface area contributed by atoms with Gasteiger partial charge in [-0.1, -0.05) is 30.7 Å².